The predicted molar refractivity (Wildman–Crippen MR) is 150 cm³/mol. The number of hydrogen-bond acceptors (Lipinski definition) is 9. The Morgan fingerprint density at radius 3 is 2.79 bits per heavy atom. The first-order chi connectivity index (χ1) is 20.9. The Balaban J connectivity index is 1.05. The van der Waals surface area contributed by atoms with Crippen LogP contribution in [0.15, 0.2) is 54.9 Å². The van der Waals surface area contributed by atoms with E-state index in [1.54, 1.807) is 36.5 Å². The van der Waals surface area contributed by atoms with Gasteiger partial charge in [-0.1, -0.05) is 6.07 Å². The van der Waals surface area contributed by atoms with Crippen molar-refractivity contribution in [3.8, 4) is 11.9 Å². The fourth-order valence-corrected chi connectivity index (χ4v) is 5.31. The van der Waals surface area contributed by atoms with E-state index in [9.17, 15) is 14.3 Å². The molecule has 5 aromatic rings. The average Bonchev–Trinajstić information content (AvgIpc) is 3.65. The lowest BCUT2D eigenvalue weighted by atomic mass is 10.1. The molecule has 2 aliphatic rings. The van der Waals surface area contributed by atoms with Gasteiger partial charge in [0.1, 0.15) is 18.2 Å². The molecule has 1 saturated heterocycles. The van der Waals surface area contributed by atoms with Crippen molar-refractivity contribution in [2.75, 3.05) is 18.1 Å². The number of imidazole rings is 1. The van der Waals surface area contributed by atoms with E-state index in [2.05, 4.69) is 14.5 Å². The summed E-state index contributed by atoms with van der Waals surface area (Å²) in [6, 6.07) is 12.8. The molecule has 1 N–H and O–H groups in total. The number of fused-ring (bicyclic) bond motifs is 2. The Bertz CT molecular complexity index is 1880. The maximum Gasteiger partial charge on any atom is 0.335 e. The lowest BCUT2D eigenvalue weighted by molar-refractivity contribution is -0.0392. The van der Waals surface area contributed by atoms with Gasteiger partial charge in [-0.2, -0.15) is 15.3 Å². The minimum atomic E-state index is -0.975. The number of aromatic nitrogens is 6. The molecule has 7 rings (SSSR count). The molecule has 0 unspecified atom stereocenters. The lowest BCUT2D eigenvalue weighted by Gasteiger charge is -2.27. The number of ether oxygens (including phenoxy) is 2. The number of carboxylic acid groups (broad SMARTS) is 1. The molecular formula is C30H25FN8O4. The third-order valence-corrected chi connectivity index (χ3v) is 7.61. The van der Waals surface area contributed by atoms with Crippen LogP contribution in [0.2, 0.25) is 0 Å². The monoisotopic (exact) mass is 580 g/mol. The first-order valence-corrected chi connectivity index (χ1v) is 13.7. The van der Waals surface area contributed by atoms with E-state index < -0.39 is 11.8 Å². The number of benzene rings is 2. The Morgan fingerprint density at radius 2 is 2.05 bits per heavy atom. The highest BCUT2D eigenvalue weighted by molar-refractivity contribution is 5.92. The molecule has 0 atom stereocenters. The second-order valence-corrected chi connectivity index (χ2v) is 10.6. The zero-order valence-corrected chi connectivity index (χ0v) is 22.9. The number of aromatic carboxylic acids is 1. The fraction of sp³-hybridized carbons (Fsp3) is 0.267. The summed E-state index contributed by atoms with van der Waals surface area (Å²) in [6.45, 7) is 3.50. The number of anilines is 1. The highest BCUT2D eigenvalue weighted by Gasteiger charge is 2.27. The van der Waals surface area contributed by atoms with Crippen LogP contribution in [0.3, 0.4) is 0 Å². The van der Waals surface area contributed by atoms with Crippen molar-refractivity contribution in [1.29, 1.82) is 5.26 Å². The quantitative estimate of drug-likeness (QED) is 0.275. The van der Waals surface area contributed by atoms with Crippen LogP contribution in [0, 0.1) is 23.1 Å². The molecule has 43 heavy (non-hydrogen) atoms. The summed E-state index contributed by atoms with van der Waals surface area (Å²) in [5, 5.41) is 23.2. The van der Waals surface area contributed by atoms with Crippen LogP contribution in [0.1, 0.15) is 38.6 Å². The Labute approximate surface area is 244 Å². The number of carbonyl (C=O) groups is 1. The lowest BCUT2D eigenvalue weighted by Crippen LogP contribution is -2.32. The van der Waals surface area contributed by atoms with Gasteiger partial charge < -0.3 is 24.0 Å². The van der Waals surface area contributed by atoms with Gasteiger partial charge in [0.2, 0.25) is 11.8 Å². The van der Waals surface area contributed by atoms with Gasteiger partial charge in [0.25, 0.3) is 0 Å². The molecule has 2 aromatic carbocycles. The van der Waals surface area contributed by atoms with Crippen LogP contribution < -0.4 is 9.64 Å². The number of rotatable bonds is 9. The van der Waals surface area contributed by atoms with Crippen LogP contribution in [0.5, 0.6) is 5.88 Å². The first-order valence-electron chi connectivity index (χ1n) is 13.7. The van der Waals surface area contributed by atoms with Crippen molar-refractivity contribution in [1.82, 2.24) is 29.3 Å². The van der Waals surface area contributed by atoms with Gasteiger partial charge in [0, 0.05) is 48.6 Å². The Morgan fingerprint density at radius 1 is 1.16 bits per heavy atom. The van der Waals surface area contributed by atoms with Crippen LogP contribution >= 0.6 is 0 Å². The van der Waals surface area contributed by atoms with Gasteiger partial charge in [-0.05, 0) is 30.3 Å². The summed E-state index contributed by atoms with van der Waals surface area (Å²) in [5.74, 6) is 0.453. The molecule has 0 aliphatic carbocycles. The third kappa shape index (κ3) is 5.24. The standard InChI is InChI=1S/C30H25FN8O4/c31-23-7-18(9-32)1-2-21(23)17-43-28-5-6-33-30(35-28)37-11-22-12-38(36-25(22)13-37)14-27-34-24-4-3-20(29(40)41)8-26(24)39(27)10-19-15-42-16-19/h1-8,12,19H,10-11,13-17H2,(H,40,41). The topological polar surface area (TPSA) is 144 Å². The third-order valence-electron chi connectivity index (χ3n) is 7.61. The van der Waals surface area contributed by atoms with Crippen molar-refractivity contribution in [2.24, 2.45) is 5.92 Å². The van der Waals surface area contributed by atoms with Crippen molar-refractivity contribution in [2.45, 2.75) is 32.8 Å². The molecule has 1 fully saturated rings. The Hall–Kier alpha value is -5.35. The molecule has 0 spiro atoms. The largest absolute Gasteiger partial charge is 0.478 e. The summed E-state index contributed by atoms with van der Waals surface area (Å²) in [7, 11) is 0. The maximum absolute atomic E-state index is 14.2. The summed E-state index contributed by atoms with van der Waals surface area (Å²) in [4.78, 5) is 27.3. The molecule has 0 amide bonds. The molecule has 3 aromatic heterocycles. The van der Waals surface area contributed by atoms with Gasteiger partial charge in [-0.15, -0.1) is 0 Å². The molecule has 0 saturated carbocycles. The van der Waals surface area contributed by atoms with Crippen LogP contribution in [-0.2, 0) is 37.5 Å². The van der Waals surface area contributed by atoms with Crippen molar-refractivity contribution in [3.05, 3.63) is 94.4 Å². The van der Waals surface area contributed by atoms with Crippen molar-refractivity contribution in [3.63, 3.8) is 0 Å². The molecule has 0 radical (unpaired) electrons. The zero-order chi connectivity index (χ0) is 29.5. The minimum absolute atomic E-state index is 0.0308. The number of nitrogens with zero attached hydrogens (tertiary/aromatic N) is 8. The second kappa shape index (κ2) is 10.8. The second-order valence-electron chi connectivity index (χ2n) is 10.6. The number of nitriles is 1. The minimum Gasteiger partial charge on any atom is -0.478 e. The van der Waals surface area contributed by atoms with Crippen LogP contribution in [0.25, 0.3) is 11.0 Å². The molecule has 0 bridgehead atoms. The highest BCUT2D eigenvalue weighted by atomic mass is 19.1. The number of hydrogen-bond donors (Lipinski definition) is 1. The smallest absolute Gasteiger partial charge is 0.335 e. The van der Waals surface area contributed by atoms with Crippen molar-refractivity contribution >= 4 is 23.0 Å². The number of halogens is 1. The zero-order valence-electron chi connectivity index (χ0n) is 22.9. The average molecular weight is 581 g/mol. The van der Waals surface area contributed by atoms with Gasteiger partial charge in [0.15, 0.2) is 0 Å². The normalized spacial score (nSPS) is 14.5. The molecule has 5 heterocycles. The van der Waals surface area contributed by atoms with E-state index in [-0.39, 0.29) is 17.7 Å². The van der Waals surface area contributed by atoms with E-state index in [1.165, 1.54) is 12.1 Å². The summed E-state index contributed by atoms with van der Waals surface area (Å²) in [6.07, 6.45) is 3.58. The van der Waals surface area contributed by atoms with Crippen molar-refractivity contribution < 1.29 is 23.8 Å². The Kier molecular flexibility index (Phi) is 6.67. The van der Waals surface area contributed by atoms with Crippen LogP contribution in [0.4, 0.5) is 10.3 Å². The predicted octanol–water partition coefficient (Wildman–Crippen LogP) is 3.53. The van der Waals surface area contributed by atoms with Gasteiger partial charge in [-0.3, -0.25) is 4.68 Å². The molecule has 2 aliphatic heterocycles. The summed E-state index contributed by atoms with van der Waals surface area (Å²) >= 11 is 0. The van der Waals surface area contributed by atoms with E-state index in [0.29, 0.717) is 62.7 Å². The fourth-order valence-electron chi connectivity index (χ4n) is 5.31. The van der Waals surface area contributed by atoms with Crippen LogP contribution in [-0.4, -0.2) is 53.6 Å². The maximum atomic E-state index is 14.2. The first kappa shape index (κ1) is 26.5. The van der Waals surface area contributed by atoms with Gasteiger partial charge >= 0.3 is 5.97 Å². The summed E-state index contributed by atoms with van der Waals surface area (Å²) in [5.41, 5.74) is 4.27. The number of carboxylic acids is 1. The molecule has 216 valence electrons. The molecule has 12 nitrogen and oxygen atoms in total. The van der Waals surface area contributed by atoms with E-state index in [1.807, 2.05) is 21.8 Å². The molecule has 13 heteroatoms. The van der Waals surface area contributed by atoms with E-state index in [0.717, 1.165) is 28.1 Å². The summed E-state index contributed by atoms with van der Waals surface area (Å²) < 4.78 is 29.3. The SMILES string of the molecule is N#Cc1ccc(COc2ccnc(N3Cc4cn(Cc5nc6ccc(C(=O)O)cc6n5CC5COC5)nc4C3)n2)c(F)c1. The highest BCUT2D eigenvalue weighted by Crippen LogP contribution is 2.28. The van der Waals surface area contributed by atoms with Gasteiger partial charge in [0.05, 0.1) is 60.2 Å². The molecular weight excluding hydrogens is 555 g/mol. The van der Waals surface area contributed by atoms with E-state index >= 15 is 0 Å². The van der Waals surface area contributed by atoms with E-state index in [4.69, 9.17) is 24.8 Å². The van der Waals surface area contributed by atoms with Gasteiger partial charge in [-0.25, -0.2) is 19.2 Å².